The summed E-state index contributed by atoms with van der Waals surface area (Å²) in [6, 6.07) is 1.41. The van der Waals surface area contributed by atoms with E-state index in [4.69, 9.17) is 4.52 Å². The molecule has 76 valence electrons. The first-order chi connectivity index (χ1) is 6.43. The van der Waals surface area contributed by atoms with Crippen molar-refractivity contribution in [2.75, 3.05) is 5.32 Å². The van der Waals surface area contributed by atoms with Crippen LogP contribution in [0.3, 0.4) is 0 Å². The van der Waals surface area contributed by atoms with E-state index in [1.54, 1.807) is 14.0 Å². The highest BCUT2D eigenvalue weighted by atomic mass is 16.5. The highest BCUT2D eigenvalue weighted by molar-refractivity contribution is 6.16. The minimum Gasteiger partial charge on any atom is -0.388 e. The first-order valence-electron chi connectivity index (χ1n) is 4.39. The van der Waals surface area contributed by atoms with Gasteiger partial charge in [-0.3, -0.25) is 5.32 Å². The van der Waals surface area contributed by atoms with E-state index in [1.165, 1.54) is 0 Å². The second-order valence-electron chi connectivity index (χ2n) is 4.03. The first kappa shape index (κ1) is 10.6. The number of hydrogen-bond donors (Lipinski definition) is 2. The molecule has 0 atom stereocenters. The van der Waals surface area contributed by atoms with Gasteiger partial charge in [0.25, 0.3) is 0 Å². The topological polar surface area (TPSA) is 67.2 Å². The van der Waals surface area contributed by atoms with Crippen molar-refractivity contribution < 1.29 is 9.32 Å². The Labute approximate surface area is 83.7 Å². The van der Waals surface area contributed by atoms with Gasteiger partial charge in [0.2, 0.25) is 7.98 Å². The molecule has 0 unspecified atom stereocenters. The number of aromatic nitrogens is 1. The van der Waals surface area contributed by atoms with E-state index in [0.717, 1.165) is 5.76 Å². The van der Waals surface area contributed by atoms with E-state index in [0.29, 0.717) is 5.82 Å². The number of nitrogens with zero attached hydrogens (tertiary/aromatic N) is 1. The fraction of sp³-hybridized carbons (Fsp3) is 0.500. The fourth-order valence-corrected chi connectivity index (χ4v) is 0.866. The summed E-state index contributed by atoms with van der Waals surface area (Å²) in [5, 5.41) is 8.68. The summed E-state index contributed by atoms with van der Waals surface area (Å²) in [6.07, 6.45) is 0. The molecule has 1 heterocycles. The number of anilines is 1. The summed E-state index contributed by atoms with van der Waals surface area (Å²) in [4.78, 5) is 10.9. The van der Waals surface area contributed by atoms with Gasteiger partial charge in [-0.25, -0.2) is 4.79 Å². The van der Waals surface area contributed by atoms with Gasteiger partial charge in [-0.1, -0.05) is 25.9 Å². The van der Waals surface area contributed by atoms with Crippen LogP contribution in [0.25, 0.3) is 0 Å². The second kappa shape index (κ2) is 3.73. The summed E-state index contributed by atoms with van der Waals surface area (Å²) in [7, 11) is 1.54. The normalized spacial score (nSPS) is 11.1. The quantitative estimate of drug-likeness (QED) is 0.646. The second-order valence-corrected chi connectivity index (χ2v) is 4.03. The molecule has 0 saturated carbocycles. The lowest BCUT2D eigenvalue weighted by Crippen LogP contribution is -2.25. The molecular formula is C8H14BN3O2. The lowest BCUT2D eigenvalue weighted by atomic mass is 9.93. The van der Waals surface area contributed by atoms with Crippen LogP contribution in [-0.4, -0.2) is 19.2 Å². The van der Waals surface area contributed by atoms with Crippen LogP contribution in [0, 0.1) is 0 Å². The minimum atomic E-state index is -0.307. The van der Waals surface area contributed by atoms with E-state index in [1.807, 2.05) is 20.8 Å². The predicted octanol–water partition coefficient (Wildman–Crippen LogP) is 0.642. The number of urea groups is 1. The molecule has 2 N–H and O–H groups in total. The summed E-state index contributed by atoms with van der Waals surface area (Å²) in [5.41, 5.74) is -0.102. The maximum atomic E-state index is 10.9. The predicted molar refractivity (Wildman–Crippen MR) is 55.9 cm³/mol. The molecule has 14 heavy (non-hydrogen) atoms. The van der Waals surface area contributed by atoms with Crippen molar-refractivity contribution in [1.29, 1.82) is 0 Å². The Hall–Kier alpha value is -1.46. The zero-order chi connectivity index (χ0) is 10.8. The Morgan fingerprint density at radius 3 is 2.64 bits per heavy atom. The van der Waals surface area contributed by atoms with E-state index in [2.05, 4.69) is 15.7 Å². The minimum absolute atomic E-state index is 0.102. The zero-order valence-corrected chi connectivity index (χ0v) is 8.84. The van der Waals surface area contributed by atoms with Crippen molar-refractivity contribution in [1.82, 2.24) is 10.4 Å². The van der Waals surface area contributed by atoms with Gasteiger partial charge in [0, 0.05) is 11.5 Å². The molecular weight excluding hydrogens is 181 g/mol. The van der Waals surface area contributed by atoms with Gasteiger partial charge in [0.1, 0.15) is 5.76 Å². The Kier molecular flexibility index (Phi) is 2.83. The Morgan fingerprint density at radius 1 is 1.57 bits per heavy atom. The molecule has 1 rings (SSSR count). The molecule has 0 bridgehead atoms. The van der Waals surface area contributed by atoms with Crippen LogP contribution in [0.4, 0.5) is 10.6 Å². The van der Waals surface area contributed by atoms with Gasteiger partial charge in [-0.05, 0) is 0 Å². The number of carbonyl (C=O) groups is 1. The van der Waals surface area contributed by atoms with Crippen molar-refractivity contribution >= 4 is 19.8 Å². The third kappa shape index (κ3) is 2.51. The molecule has 0 aromatic carbocycles. The molecule has 0 fully saturated rings. The number of hydrogen-bond acceptors (Lipinski definition) is 3. The summed E-state index contributed by atoms with van der Waals surface area (Å²) in [6.45, 7) is 6.03. The fourth-order valence-electron chi connectivity index (χ4n) is 0.866. The van der Waals surface area contributed by atoms with Gasteiger partial charge in [-0.15, -0.1) is 0 Å². The highest BCUT2D eigenvalue weighted by Gasteiger charge is 2.19. The first-order valence-corrected chi connectivity index (χ1v) is 4.39. The molecule has 0 aliphatic carbocycles. The molecule has 0 spiro atoms. The molecule has 0 saturated heterocycles. The van der Waals surface area contributed by atoms with Gasteiger partial charge < -0.3 is 9.75 Å². The van der Waals surface area contributed by atoms with Crippen molar-refractivity contribution in [2.24, 2.45) is 0 Å². The van der Waals surface area contributed by atoms with Gasteiger partial charge in [0.15, 0.2) is 5.82 Å². The van der Waals surface area contributed by atoms with E-state index < -0.39 is 0 Å². The van der Waals surface area contributed by atoms with Crippen molar-refractivity contribution in [3.05, 3.63) is 11.8 Å². The molecule has 5 nitrogen and oxygen atoms in total. The Balaban J connectivity index is 2.74. The van der Waals surface area contributed by atoms with E-state index in [9.17, 15) is 4.79 Å². The number of nitrogens with one attached hydrogen (secondary N) is 2. The van der Waals surface area contributed by atoms with E-state index >= 15 is 0 Å². The van der Waals surface area contributed by atoms with Crippen LogP contribution in [0.5, 0.6) is 0 Å². The maximum Gasteiger partial charge on any atom is 0.307 e. The molecule has 0 radical (unpaired) electrons. The Bertz CT molecular complexity index is 330. The van der Waals surface area contributed by atoms with Crippen molar-refractivity contribution in [3.8, 4) is 0 Å². The van der Waals surface area contributed by atoms with Crippen molar-refractivity contribution in [3.63, 3.8) is 0 Å². The summed E-state index contributed by atoms with van der Waals surface area (Å²) < 4.78 is 5.08. The molecule has 0 aliphatic heterocycles. The average molecular weight is 195 g/mol. The van der Waals surface area contributed by atoms with Crippen LogP contribution in [0.2, 0.25) is 0 Å². The Morgan fingerprint density at radius 2 is 2.21 bits per heavy atom. The third-order valence-electron chi connectivity index (χ3n) is 1.72. The summed E-state index contributed by atoms with van der Waals surface area (Å²) >= 11 is 0. The standard InChI is InChI=1S/C8H14BN3O2/c1-8(2,3)5-4-6(12-14-5)10-7(13)11-9/h4H,9H2,1-3H3,(H2,10,11,12,13). The number of carbonyl (C=O) groups excluding carboxylic acids is 1. The maximum absolute atomic E-state index is 10.9. The lowest BCUT2D eigenvalue weighted by molar-refractivity contribution is 0.256. The molecule has 1 aromatic rings. The molecule has 0 aliphatic rings. The van der Waals surface area contributed by atoms with Crippen LogP contribution in [-0.2, 0) is 5.41 Å². The lowest BCUT2D eigenvalue weighted by Gasteiger charge is -2.11. The van der Waals surface area contributed by atoms with Gasteiger partial charge >= 0.3 is 6.03 Å². The molecule has 6 heteroatoms. The molecule has 1 aromatic heterocycles. The SMILES string of the molecule is BNC(=O)Nc1cc(C(C)(C)C)on1. The smallest absolute Gasteiger partial charge is 0.307 e. The summed E-state index contributed by atoms with van der Waals surface area (Å²) in [5.74, 6) is 1.16. The third-order valence-corrected chi connectivity index (χ3v) is 1.72. The van der Waals surface area contributed by atoms with Crippen LogP contribution in [0.15, 0.2) is 10.6 Å². The van der Waals surface area contributed by atoms with Crippen LogP contribution < -0.4 is 10.5 Å². The number of rotatable bonds is 1. The van der Waals surface area contributed by atoms with Crippen LogP contribution in [0.1, 0.15) is 26.5 Å². The monoisotopic (exact) mass is 195 g/mol. The number of amides is 2. The van der Waals surface area contributed by atoms with Crippen LogP contribution >= 0.6 is 0 Å². The van der Waals surface area contributed by atoms with Crippen molar-refractivity contribution in [2.45, 2.75) is 26.2 Å². The zero-order valence-electron chi connectivity index (χ0n) is 8.84. The van der Waals surface area contributed by atoms with E-state index in [-0.39, 0.29) is 11.4 Å². The largest absolute Gasteiger partial charge is 0.388 e. The average Bonchev–Trinajstić information content (AvgIpc) is 2.51. The highest BCUT2D eigenvalue weighted by Crippen LogP contribution is 2.24. The van der Waals surface area contributed by atoms with Gasteiger partial charge in [-0.2, -0.15) is 0 Å². The molecule has 2 amide bonds. The van der Waals surface area contributed by atoms with Gasteiger partial charge in [0.05, 0.1) is 0 Å².